The molecule has 1 aliphatic heterocycles. The van der Waals surface area contributed by atoms with Gasteiger partial charge in [0.25, 0.3) is 12.0 Å². The summed E-state index contributed by atoms with van der Waals surface area (Å²) in [4.78, 5) is 24.6. The van der Waals surface area contributed by atoms with Crippen molar-refractivity contribution >= 4 is 23.2 Å². The van der Waals surface area contributed by atoms with E-state index < -0.39 is 18.5 Å². The third-order valence-electron chi connectivity index (χ3n) is 3.95. The van der Waals surface area contributed by atoms with Crippen LogP contribution in [-0.2, 0) is 6.54 Å². The van der Waals surface area contributed by atoms with E-state index in [9.17, 15) is 13.6 Å². The van der Waals surface area contributed by atoms with Gasteiger partial charge in [-0.3, -0.25) is 4.79 Å². The fraction of sp³-hybridized carbons (Fsp3) is 0.467. The number of nitrogens with zero attached hydrogens (tertiary/aromatic N) is 6. The van der Waals surface area contributed by atoms with Crippen LogP contribution in [0.5, 0.6) is 0 Å². The Morgan fingerprint density at radius 3 is 2.32 bits per heavy atom. The van der Waals surface area contributed by atoms with Crippen molar-refractivity contribution in [3.8, 4) is 0 Å². The second-order valence-corrected chi connectivity index (χ2v) is 6.13. The maximum Gasteiger partial charge on any atom is 0.287 e. The minimum absolute atomic E-state index is 0.0873. The molecule has 0 unspecified atom stereocenters. The zero-order chi connectivity index (χ0) is 18.0. The maximum absolute atomic E-state index is 12.4. The molecule has 0 spiro atoms. The molecule has 134 valence electrons. The molecule has 0 aliphatic carbocycles. The molecular weight excluding hydrogens is 354 g/mol. The summed E-state index contributed by atoms with van der Waals surface area (Å²) in [7, 11) is 0. The molecular formula is C15H17ClF2N6O. The molecule has 2 aromatic rings. The van der Waals surface area contributed by atoms with Crippen LogP contribution in [0.4, 0.5) is 20.4 Å². The molecule has 1 aliphatic rings. The number of hydrogen-bond donors (Lipinski definition) is 0. The van der Waals surface area contributed by atoms with E-state index in [4.69, 9.17) is 11.6 Å². The molecule has 1 fully saturated rings. The van der Waals surface area contributed by atoms with Gasteiger partial charge in [-0.05, 0) is 12.5 Å². The predicted octanol–water partition coefficient (Wildman–Crippen LogP) is 1.59. The summed E-state index contributed by atoms with van der Waals surface area (Å²) in [5, 5.41) is 3.71. The number of rotatable bonds is 4. The van der Waals surface area contributed by atoms with E-state index >= 15 is 0 Å². The van der Waals surface area contributed by atoms with Gasteiger partial charge in [0, 0.05) is 38.6 Å². The number of piperazine rings is 1. The summed E-state index contributed by atoms with van der Waals surface area (Å²) in [5.74, 6) is 0.654. The van der Waals surface area contributed by atoms with Gasteiger partial charge in [-0.1, -0.05) is 11.6 Å². The molecule has 3 heterocycles. The number of aryl methyl sites for hydroxylation is 1. The summed E-state index contributed by atoms with van der Waals surface area (Å²) < 4.78 is 25.6. The lowest BCUT2D eigenvalue weighted by Gasteiger charge is -2.36. The Morgan fingerprint density at radius 2 is 1.72 bits per heavy atom. The van der Waals surface area contributed by atoms with Crippen LogP contribution in [0.3, 0.4) is 0 Å². The number of anilines is 2. The molecule has 0 bridgehead atoms. The second-order valence-electron chi connectivity index (χ2n) is 5.76. The van der Waals surface area contributed by atoms with Crippen LogP contribution in [0.25, 0.3) is 0 Å². The largest absolute Gasteiger partial charge is 0.365 e. The molecule has 0 radical (unpaired) electrons. The topological polar surface area (TPSA) is 67.2 Å². The summed E-state index contributed by atoms with van der Waals surface area (Å²) in [5.41, 5.74) is 0.745. The molecule has 25 heavy (non-hydrogen) atoms. The van der Waals surface area contributed by atoms with Crippen molar-refractivity contribution in [2.24, 2.45) is 0 Å². The molecule has 0 saturated carbocycles. The van der Waals surface area contributed by atoms with Crippen LogP contribution in [0.2, 0.25) is 5.02 Å². The monoisotopic (exact) mass is 370 g/mol. The Morgan fingerprint density at radius 1 is 1.12 bits per heavy atom. The highest BCUT2D eigenvalue weighted by molar-refractivity contribution is 6.33. The molecule has 2 aromatic heterocycles. The molecule has 0 atom stereocenters. The fourth-order valence-electron chi connectivity index (χ4n) is 2.63. The van der Waals surface area contributed by atoms with Gasteiger partial charge in [-0.15, -0.1) is 0 Å². The first-order chi connectivity index (χ1) is 12.0. The average molecular weight is 371 g/mol. The first kappa shape index (κ1) is 17.5. The lowest BCUT2D eigenvalue weighted by atomic mass is 10.3. The lowest BCUT2D eigenvalue weighted by molar-refractivity contribution is 0.119. The average Bonchev–Trinajstić information content (AvgIpc) is 2.60. The number of alkyl halides is 2. The van der Waals surface area contributed by atoms with E-state index in [1.807, 2.05) is 16.7 Å². The second kappa shape index (κ2) is 7.30. The van der Waals surface area contributed by atoms with Gasteiger partial charge in [-0.2, -0.15) is 5.10 Å². The number of hydrogen-bond acceptors (Lipinski definition) is 6. The molecule has 10 heteroatoms. The van der Waals surface area contributed by atoms with E-state index in [0.717, 1.165) is 5.56 Å². The van der Waals surface area contributed by atoms with E-state index in [-0.39, 0.29) is 5.02 Å². The summed E-state index contributed by atoms with van der Waals surface area (Å²) in [6.45, 7) is 3.65. The standard InChI is InChI=1S/C15H17ClF2N6O/c1-10-6-19-15(20-7-10)23-4-2-22(3-5-23)11-8-21-24(9-12(17)18)14(25)13(11)16/h6-8,12H,2-5,9H2,1H3. The van der Waals surface area contributed by atoms with Crippen LogP contribution in [0.1, 0.15) is 5.56 Å². The van der Waals surface area contributed by atoms with E-state index in [1.165, 1.54) is 6.20 Å². The molecule has 3 rings (SSSR count). The molecule has 0 N–H and O–H groups in total. The number of halogens is 3. The Hall–Kier alpha value is -2.29. The lowest BCUT2D eigenvalue weighted by Crippen LogP contribution is -2.47. The van der Waals surface area contributed by atoms with Crippen molar-refractivity contribution in [2.45, 2.75) is 19.9 Å². The van der Waals surface area contributed by atoms with Crippen molar-refractivity contribution in [1.82, 2.24) is 19.7 Å². The smallest absolute Gasteiger partial charge is 0.287 e. The quantitative estimate of drug-likeness (QED) is 0.814. The Balaban J connectivity index is 1.71. The normalized spacial score (nSPS) is 15.1. The summed E-state index contributed by atoms with van der Waals surface area (Å²) in [6.07, 6.45) is 2.23. The van der Waals surface area contributed by atoms with Crippen LogP contribution in [0, 0.1) is 6.92 Å². The minimum atomic E-state index is -2.66. The zero-order valence-electron chi connectivity index (χ0n) is 13.6. The van der Waals surface area contributed by atoms with Crippen molar-refractivity contribution in [3.63, 3.8) is 0 Å². The third kappa shape index (κ3) is 3.87. The van der Waals surface area contributed by atoms with Crippen molar-refractivity contribution in [1.29, 1.82) is 0 Å². The minimum Gasteiger partial charge on any atom is -0.365 e. The highest BCUT2D eigenvalue weighted by Gasteiger charge is 2.23. The van der Waals surface area contributed by atoms with Gasteiger partial charge < -0.3 is 9.80 Å². The van der Waals surface area contributed by atoms with Crippen molar-refractivity contribution in [3.05, 3.63) is 39.5 Å². The van der Waals surface area contributed by atoms with Crippen LogP contribution >= 0.6 is 11.6 Å². The zero-order valence-corrected chi connectivity index (χ0v) is 14.3. The molecule has 7 nitrogen and oxygen atoms in total. The van der Waals surface area contributed by atoms with E-state index in [0.29, 0.717) is 42.5 Å². The molecule has 0 amide bonds. The van der Waals surface area contributed by atoms with Crippen LogP contribution < -0.4 is 15.4 Å². The van der Waals surface area contributed by atoms with Crippen molar-refractivity contribution < 1.29 is 8.78 Å². The first-order valence-corrected chi connectivity index (χ1v) is 8.16. The summed E-state index contributed by atoms with van der Waals surface area (Å²) in [6, 6.07) is 0. The third-order valence-corrected chi connectivity index (χ3v) is 4.30. The van der Waals surface area contributed by atoms with Gasteiger partial charge in [-0.25, -0.2) is 23.4 Å². The first-order valence-electron chi connectivity index (χ1n) is 7.78. The van der Waals surface area contributed by atoms with Gasteiger partial charge in [0.15, 0.2) is 0 Å². The molecule has 1 saturated heterocycles. The Bertz CT molecular complexity index is 790. The van der Waals surface area contributed by atoms with Gasteiger partial charge in [0.05, 0.1) is 11.9 Å². The van der Waals surface area contributed by atoms with Crippen LogP contribution in [0.15, 0.2) is 23.4 Å². The highest BCUT2D eigenvalue weighted by atomic mass is 35.5. The molecule has 0 aromatic carbocycles. The van der Waals surface area contributed by atoms with Crippen LogP contribution in [-0.4, -0.2) is 52.4 Å². The van der Waals surface area contributed by atoms with Gasteiger partial charge >= 0.3 is 0 Å². The predicted molar refractivity (Wildman–Crippen MR) is 90.7 cm³/mol. The SMILES string of the molecule is Cc1cnc(N2CCN(c3cnn(CC(F)F)c(=O)c3Cl)CC2)nc1. The van der Waals surface area contributed by atoms with E-state index in [2.05, 4.69) is 15.1 Å². The fourth-order valence-corrected chi connectivity index (χ4v) is 2.90. The number of aromatic nitrogens is 4. The van der Waals surface area contributed by atoms with Gasteiger partial charge in [0.2, 0.25) is 5.95 Å². The van der Waals surface area contributed by atoms with Gasteiger partial charge in [0.1, 0.15) is 11.6 Å². The Kier molecular flexibility index (Phi) is 5.12. The Labute approximate surface area is 147 Å². The van der Waals surface area contributed by atoms with E-state index in [1.54, 1.807) is 12.4 Å². The van der Waals surface area contributed by atoms with Crippen molar-refractivity contribution in [2.75, 3.05) is 36.0 Å². The summed E-state index contributed by atoms with van der Waals surface area (Å²) >= 11 is 6.09. The maximum atomic E-state index is 12.4. The highest BCUT2D eigenvalue weighted by Crippen LogP contribution is 2.23.